The summed E-state index contributed by atoms with van der Waals surface area (Å²) in [5, 5.41) is 1.06. The molecule has 0 bridgehead atoms. The van der Waals surface area contributed by atoms with Gasteiger partial charge in [0.25, 0.3) is 0 Å². The molecule has 0 radical (unpaired) electrons. The molecule has 1 aliphatic heterocycles. The van der Waals surface area contributed by atoms with Crippen molar-refractivity contribution in [3.63, 3.8) is 0 Å². The highest BCUT2D eigenvalue weighted by molar-refractivity contribution is 9.09. The van der Waals surface area contributed by atoms with Gasteiger partial charge < -0.3 is 4.90 Å². The third-order valence-corrected chi connectivity index (χ3v) is 3.21. The number of hydrogen-bond acceptors (Lipinski definition) is 4. The van der Waals surface area contributed by atoms with E-state index in [4.69, 9.17) is 0 Å². The highest BCUT2D eigenvalue weighted by atomic mass is 79.9. The summed E-state index contributed by atoms with van der Waals surface area (Å²) in [4.78, 5) is 13.4. The van der Waals surface area contributed by atoms with Crippen LogP contribution in [-0.4, -0.2) is 52.9 Å². The van der Waals surface area contributed by atoms with Crippen LogP contribution < -0.4 is 4.90 Å². The van der Waals surface area contributed by atoms with Crippen molar-refractivity contribution in [3.8, 4) is 0 Å². The van der Waals surface area contributed by atoms with Crippen LogP contribution in [0, 0.1) is 6.92 Å². The molecule has 16 heavy (non-hydrogen) atoms. The molecule has 1 fully saturated rings. The van der Waals surface area contributed by atoms with Crippen molar-refractivity contribution in [3.05, 3.63) is 18.1 Å². The number of anilines is 1. The Morgan fingerprint density at radius 3 is 2.69 bits per heavy atom. The highest BCUT2D eigenvalue weighted by Gasteiger charge is 2.17. The van der Waals surface area contributed by atoms with Gasteiger partial charge in [0.15, 0.2) is 0 Å². The monoisotopic (exact) mass is 284 g/mol. The molecule has 0 unspecified atom stereocenters. The van der Waals surface area contributed by atoms with Crippen molar-refractivity contribution >= 4 is 21.7 Å². The fourth-order valence-electron chi connectivity index (χ4n) is 1.94. The van der Waals surface area contributed by atoms with Gasteiger partial charge in [-0.25, -0.2) is 9.97 Å². The van der Waals surface area contributed by atoms with E-state index in [2.05, 4.69) is 35.7 Å². The van der Waals surface area contributed by atoms with Gasteiger partial charge in [0, 0.05) is 44.3 Å². The molecule has 0 aliphatic carbocycles. The zero-order valence-corrected chi connectivity index (χ0v) is 11.2. The number of halogens is 1. The Bertz CT molecular complexity index is 337. The van der Waals surface area contributed by atoms with Crippen LogP contribution in [-0.2, 0) is 0 Å². The van der Waals surface area contributed by atoms with E-state index in [1.165, 1.54) is 0 Å². The van der Waals surface area contributed by atoms with Gasteiger partial charge in [0.1, 0.15) is 11.6 Å². The molecule has 5 heteroatoms. The summed E-state index contributed by atoms with van der Waals surface area (Å²) in [6.07, 6.45) is 1.84. The van der Waals surface area contributed by atoms with Crippen molar-refractivity contribution < 1.29 is 0 Å². The molecule has 1 aliphatic rings. The van der Waals surface area contributed by atoms with E-state index in [9.17, 15) is 0 Å². The minimum Gasteiger partial charge on any atom is -0.354 e. The molecule has 0 aromatic carbocycles. The third kappa shape index (κ3) is 2.92. The fourth-order valence-corrected chi connectivity index (χ4v) is 2.44. The molecule has 1 saturated heterocycles. The van der Waals surface area contributed by atoms with Gasteiger partial charge in [0.05, 0.1) is 0 Å². The highest BCUT2D eigenvalue weighted by Crippen LogP contribution is 2.12. The second-order valence-corrected chi connectivity index (χ2v) is 4.77. The number of nitrogens with zero attached hydrogens (tertiary/aromatic N) is 4. The summed E-state index contributed by atoms with van der Waals surface area (Å²) < 4.78 is 0. The van der Waals surface area contributed by atoms with Crippen LogP contribution in [0.15, 0.2) is 12.3 Å². The Morgan fingerprint density at radius 1 is 1.31 bits per heavy atom. The summed E-state index contributed by atoms with van der Waals surface area (Å²) >= 11 is 3.48. The minimum absolute atomic E-state index is 0.848. The molecule has 0 spiro atoms. The Kier molecular flexibility index (Phi) is 4.12. The standard InChI is InChI=1S/C11H17BrN4/c1-10-13-4-2-11(14-10)16-8-6-15(5-3-12)7-9-16/h2,4H,3,5-9H2,1H3. The normalized spacial score (nSPS) is 17.8. The number of rotatable bonds is 3. The summed E-state index contributed by atoms with van der Waals surface area (Å²) in [6.45, 7) is 7.43. The Morgan fingerprint density at radius 2 is 2.06 bits per heavy atom. The van der Waals surface area contributed by atoms with Crippen LogP contribution >= 0.6 is 15.9 Å². The van der Waals surface area contributed by atoms with Crippen molar-refractivity contribution in [2.75, 3.05) is 43.0 Å². The quantitative estimate of drug-likeness (QED) is 0.784. The first kappa shape index (κ1) is 11.8. The molecule has 4 nitrogen and oxygen atoms in total. The molecule has 0 N–H and O–H groups in total. The van der Waals surface area contributed by atoms with E-state index in [1.54, 1.807) is 0 Å². The van der Waals surface area contributed by atoms with Crippen LogP contribution in [0.5, 0.6) is 0 Å². The number of piperazine rings is 1. The lowest BCUT2D eigenvalue weighted by Gasteiger charge is -2.35. The van der Waals surface area contributed by atoms with Crippen LogP contribution in [0.25, 0.3) is 0 Å². The maximum absolute atomic E-state index is 4.45. The van der Waals surface area contributed by atoms with E-state index < -0.39 is 0 Å². The van der Waals surface area contributed by atoms with Crippen LogP contribution in [0.3, 0.4) is 0 Å². The molecule has 88 valence electrons. The number of alkyl halides is 1. The zero-order valence-electron chi connectivity index (χ0n) is 9.56. The predicted octanol–water partition coefficient (Wildman–Crippen LogP) is 1.30. The Labute approximate surface area is 105 Å². The van der Waals surface area contributed by atoms with Gasteiger partial charge in [-0.05, 0) is 13.0 Å². The van der Waals surface area contributed by atoms with Gasteiger partial charge in [-0.3, -0.25) is 4.90 Å². The van der Waals surface area contributed by atoms with Gasteiger partial charge in [-0.2, -0.15) is 0 Å². The molecule has 2 heterocycles. The van der Waals surface area contributed by atoms with E-state index in [1.807, 2.05) is 19.2 Å². The average Bonchev–Trinajstić information content (AvgIpc) is 2.30. The lowest BCUT2D eigenvalue weighted by atomic mass is 10.3. The fraction of sp³-hybridized carbons (Fsp3) is 0.636. The molecule has 0 saturated carbocycles. The van der Waals surface area contributed by atoms with Gasteiger partial charge >= 0.3 is 0 Å². The molecule has 0 atom stereocenters. The summed E-state index contributed by atoms with van der Waals surface area (Å²) in [6, 6.07) is 1.99. The first-order chi connectivity index (χ1) is 7.79. The summed E-state index contributed by atoms with van der Waals surface area (Å²) in [5.74, 6) is 1.91. The second kappa shape index (κ2) is 5.59. The summed E-state index contributed by atoms with van der Waals surface area (Å²) in [7, 11) is 0. The van der Waals surface area contributed by atoms with Gasteiger partial charge in [-0.15, -0.1) is 0 Å². The van der Waals surface area contributed by atoms with Gasteiger partial charge in [0.2, 0.25) is 0 Å². The Hall–Kier alpha value is -0.680. The topological polar surface area (TPSA) is 32.3 Å². The zero-order chi connectivity index (χ0) is 11.4. The van der Waals surface area contributed by atoms with Gasteiger partial charge in [-0.1, -0.05) is 15.9 Å². The maximum Gasteiger partial charge on any atom is 0.132 e. The number of aromatic nitrogens is 2. The number of hydrogen-bond donors (Lipinski definition) is 0. The summed E-state index contributed by atoms with van der Waals surface area (Å²) in [5.41, 5.74) is 0. The molecular formula is C11H17BrN4. The van der Waals surface area contributed by atoms with E-state index in [0.717, 1.165) is 49.7 Å². The molecule has 0 amide bonds. The smallest absolute Gasteiger partial charge is 0.132 e. The first-order valence-corrected chi connectivity index (χ1v) is 6.74. The lowest BCUT2D eigenvalue weighted by Crippen LogP contribution is -2.47. The molecule has 2 rings (SSSR count). The average molecular weight is 285 g/mol. The second-order valence-electron chi connectivity index (χ2n) is 3.98. The maximum atomic E-state index is 4.45. The first-order valence-electron chi connectivity index (χ1n) is 5.62. The number of aryl methyl sites for hydroxylation is 1. The molecule has 1 aromatic heterocycles. The van der Waals surface area contributed by atoms with E-state index >= 15 is 0 Å². The molecular weight excluding hydrogens is 268 g/mol. The minimum atomic E-state index is 0.848. The van der Waals surface area contributed by atoms with Crippen molar-refractivity contribution in [2.45, 2.75) is 6.92 Å². The van der Waals surface area contributed by atoms with Crippen LogP contribution in [0.2, 0.25) is 0 Å². The molecule has 1 aromatic rings. The van der Waals surface area contributed by atoms with Crippen LogP contribution in [0.4, 0.5) is 5.82 Å². The van der Waals surface area contributed by atoms with Crippen molar-refractivity contribution in [1.82, 2.24) is 14.9 Å². The lowest BCUT2D eigenvalue weighted by molar-refractivity contribution is 0.273. The third-order valence-electron chi connectivity index (χ3n) is 2.86. The SMILES string of the molecule is Cc1nccc(N2CCN(CCBr)CC2)n1. The van der Waals surface area contributed by atoms with E-state index in [0.29, 0.717) is 0 Å². The largest absolute Gasteiger partial charge is 0.354 e. The van der Waals surface area contributed by atoms with Crippen molar-refractivity contribution in [2.24, 2.45) is 0 Å². The van der Waals surface area contributed by atoms with Crippen molar-refractivity contribution in [1.29, 1.82) is 0 Å². The van der Waals surface area contributed by atoms with E-state index in [-0.39, 0.29) is 0 Å². The Balaban J connectivity index is 1.94. The van der Waals surface area contributed by atoms with Crippen LogP contribution in [0.1, 0.15) is 5.82 Å². The predicted molar refractivity (Wildman–Crippen MR) is 69.2 cm³/mol.